The molecule has 140 valence electrons. The van der Waals surface area contributed by atoms with Gasteiger partial charge in [0.2, 0.25) is 0 Å². The first kappa shape index (κ1) is 18.9. The number of hydrogen-bond donors (Lipinski definition) is 2. The van der Waals surface area contributed by atoms with Crippen LogP contribution in [0.15, 0.2) is 36.4 Å². The summed E-state index contributed by atoms with van der Waals surface area (Å²) >= 11 is 6.06. The molecule has 3 fully saturated rings. The number of fused-ring (bicyclic) bond motifs is 5. The SMILES string of the molecule is CN1CC2C3CCC(C3)C2(c2ccc(Cl)cc2)C1.O=C(O)/C=C/C(=O)O. The second kappa shape index (κ2) is 7.41. The molecule has 4 atom stereocenters. The van der Waals surface area contributed by atoms with E-state index in [2.05, 4.69) is 36.2 Å². The highest BCUT2D eigenvalue weighted by molar-refractivity contribution is 6.30. The molecule has 1 aliphatic heterocycles. The zero-order valence-corrected chi connectivity index (χ0v) is 15.5. The summed E-state index contributed by atoms with van der Waals surface area (Å²) in [5.41, 5.74) is 2.00. The summed E-state index contributed by atoms with van der Waals surface area (Å²) in [5.74, 6) is 0.275. The summed E-state index contributed by atoms with van der Waals surface area (Å²) in [5, 5.41) is 16.5. The Morgan fingerprint density at radius 2 is 1.77 bits per heavy atom. The lowest BCUT2D eigenvalue weighted by Gasteiger charge is -2.39. The minimum atomic E-state index is -1.26. The summed E-state index contributed by atoms with van der Waals surface area (Å²) in [6, 6.07) is 8.73. The summed E-state index contributed by atoms with van der Waals surface area (Å²) in [6.45, 7) is 2.55. The Balaban J connectivity index is 0.000000211. The Morgan fingerprint density at radius 1 is 1.15 bits per heavy atom. The van der Waals surface area contributed by atoms with Crippen molar-refractivity contribution >= 4 is 23.5 Å². The van der Waals surface area contributed by atoms with Crippen LogP contribution in [0, 0.1) is 17.8 Å². The van der Waals surface area contributed by atoms with Crippen molar-refractivity contribution in [1.82, 2.24) is 4.90 Å². The second-order valence-corrected chi connectivity index (χ2v) is 8.07. The van der Waals surface area contributed by atoms with Crippen LogP contribution in [-0.2, 0) is 15.0 Å². The van der Waals surface area contributed by atoms with Gasteiger partial charge in [0, 0.05) is 35.7 Å². The lowest BCUT2D eigenvalue weighted by atomic mass is 9.64. The van der Waals surface area contributed by atoms with E-state index in [0.717, 1.165) is 22.8 Å². The lowest BCUT2D eigenvalue weighted by molar-refractivity contribution is -0.134. The Kier molecular flexibility index (Phi) is 5.39. The van der Waals surface area contributed by atoms with E-state index in [0.29, 0.717) is 17.6 Å². The normalized spacial score (nSPS) is 32.3. The number of halogens is 1. The standard InChI is InChI=1S/C16H20ClN.C4H4O4/c1-18-9-15-11-2-3-13(8-11)16(15,10-18)12-4-6-14(17)7-5-12;5-3(6)1-2-4(7)8/h4-7,11,13,15H,2-3,8-10H2,1H3;1-2H,(H,5,6)(H,7,8)/b;2-1+. The number of hydrogen-bond acceptors (Lipinski definition) is 3. The first-order chi connectivity index (χ1) is 12.3. The quantitative estimate of drug-likeness (QED) is 0.790. The van der Waals surface area contributed by atoms with Crippen molar-refractivity contribution in [3.05, 3.63) is 47.0 Å². The highest BCUT2D eigenvalue weighted by Gasteiger charge is 2.61. The molecule has 2 saturated carbocycles. The fraction of sp³-hybridized carbons (Fsp3) is 0.500. The van der Waals surface area contributed by atoms with E-state index in [1.165, 1.54) is 32.4 Å². The van der Waals surface area contributed by atoms with E-state index in [1.807, 2.05) is 0 Å². The van der Waals surface area contributed by atoms with Crippen molar-refractivity contribution in [2.45, 2.75) is 24.7 Å². The third kappa shape index (κ3) is 3.51. The minimum absolute atomic E-state index is 0.447. The first-order valence-electron chi connectivity index (χ1n) is 8.91. The summed E-state index contributed by atoms with van der Waals surface area (Å²) in [6.07, 6.45) is 5.50. The maximum atomic E-state index is 9.55. The predicted octanol–water partition coefficient (Wildman–Crippen LogP) is 3.28. The van der Waals surface area contributed by atoms with Crippen LogP contribution in [0.2, 0.25) is 5.02 Å². The highest BCUT2D eigenvalue weighted by atomic mass is 35.5. The van der Waals surface area contributed by atoms with Crippen LogP contribution in [0.3, 0.4) is 0 Å². The minimum Gasteiger partial charge on any atom is -0.478 e. The zero-order chi connectivity index (χ0) is 18.9. The van der Waals surface area contributed by atoms with E-state index in [4.69, 9.17) is 21.8 Å². The zero-order valence-electron chi connectivity index (χ0n) is 14.8. The molecule has 1 heterocycles. The Hall–Kier alpha value is -1.85. The lowest BCUT2D eigenvalue weighted by Crippen LogP contribution is -2.40. The van der Waals surface area contributed by atoms with Crippen LogP contribution in [0.25, 0.3) is 0 Å². The molecule has 1 saturated heterocycles. The van der Waals surface area contributed by atoms with Crippen LogP contribution in [0.4, 0.5) is 0 Å². The molecule has 1 aromatic carbocycles. The molecule has 5 nitrogen and oxygen atoms in total. The number of benzene rings is 1. The van der Waals surface area contributed by atoms with E-state index in [-0.39, 0.29) is 0 Å². The summed E-state index contributed by atoms with van der Waals surface area (Å²) in [7, 11) is 2.29. The molecule has 4 unspecified atom stereocenters. The van der Waals surface area contributed by atoms with Crippen molar-refractivity contribution in [2.75, 3.05) is 20.1 Å². The molecule has 1 aromatic rings. The Labute approximate surface area is 158 Å². The number of likely N-dealkylation sites (N-methyl/N-ethyl adjacent to an activating group) is 1. The molecule has 2 N–H and O–H groups in total. The van der Waals surface area contributed by atoms with Gasteiger partial charge in [-0.05, 0) is 61.8 Å². The second-order valence-electron chi connectivity index (χ2n) is 7.63. The number of nitrogens with zero attached hydrogens (tertiary/aromatic N) is 1. The van der Waals surface area contributed by atoms with Crippen molar-refractivity contribution in [3.63, 3.8) is 0 Å². The number of carboxylic acid groups (broad SMARTS) is 2. The molecular formula is C20H24ClNO4. The van der Waals surface area contributed by atoms with Gasteiger partial charge in [-0.1, -0.05) is 23.7 Å². The van der Waals surface area contributed by atoms with E-state index >= 15 is 0 Å². The molecular weight excluding hydrogens is 354 g/mol. The van der Waals surface area contributed by atoms with Crippen LogP contribution < -0.4 is 0 Å². The van der Waals surface area contributed by atoms with Crippen molar-refractivity contribution < 1.29 is 19.8 Å². The largest absolute Gasteiger partial charge is 0.478 e. The number of carbonyl (C=O) groups is 2. The molecule has 2 bridgehead atoms. The molecule has 0 radical (unpaired) electrons. The maximum Gasteiger partial charge on any atom is 0.328 e. The van der Waals surface area contributed by atoms with Crippen molar-refractivity contribution in [2.24, 2.45) is 17.8 Å². The molecule has 2 aliphatic carbocycles. The fourth-order valence-electron chi connectivity index (χ4n) is 5.42. The molecule has 3 aliphatic rings. The van der Waals surface area contributed by atoms with Gasteiger partial charge in [0.15, 0.2) is 0 Å². The number of aliphatic carboxylic acids is 2. The fourth-order valence-corrected chi connectivity index (χ4v) is 5.55. The molecule has 6 heteroatoms. The molecule has 0 amide bonds. The van der Waals surface area contributed by atoms with Gasteiger partial charge in [0.05, 0.1) is 0 Å². The van der Waals surface area contributed by atoms with Crippen LogP contribution in [-0.4, -0.2) is 47.2 Å². The number of carboxylic acids is 2. The van der Waals surface area contributed by atoms with E-state index in [9.17, 15) is 9.59 Å². The van der Waals surface area contributed by atoms with Gasteiger partial charge in [0.25, 0.3) is 0 Å². The van der Waals surface area contributed by atoms with Gasteiger partial charge in [0.1, 0.15) is 0 Å². The first-order valence-corrected chi connectivity index (χ1v) is 9.29. The molecule has 0 aromatic heterocycles. The van der Waals surface area contributed by atoms with Gasteiger partial charge in [-0.15, -0.1) is 0 Å². The topological polar surface area (TPSA) is 77.8 Å². The van der Waals surface area contributed by atoms with Gasteiger partial charge >= 0.3 is 11.9 Å². The van der Waals surface area contributed by atoms with Crippen molar-refractivity contribution in [3.8, 4) is 0 Å². The van der Waals surface area contributed by atoms with Gasteiger partial charge in [-0.3, -0.25) is 0 Å². The number of likely N-dealkylation sites (tertiary alicyclic amines) is 1. The molecule has 26 heavy (non-hydrogen) atoms. The average Bonchev–Trinajstić information content (AvgIpc) is 3.25. The smallest absolute Gasteiger partial charge is 0.328 e. The van der Waals surface area contributed by atoms with E-state index in [1.54, 1.807) is 5.56 Å². The third-order valence-electron chi connectivity index (χ3n) is 6.22. The molecule has 0 spiro atoms. The van der Waals surface area contributed by atoms with Crippen LogP contribution in [0.1, 0.15) is 24.8 Å². The maximum absolute atomic E-state index is 9.55. The average molecular weight is 378 g/mol. The molecule has 4 rings (SSSR count). The monoisotopic (exact) mass is 377 g/mol. The van der Waals surface area contributed by atoms with Crippen LogP contribution in [0.5, 0.6) is 0 Å². The number of rotatable bonds is 3. The Bertz CT molecular complexity index is 701. The van der Waals surface area contributed by atoms with Gasteiger partial charge < -0.3 is 15.1 Å². The third-order valence-corrected chi connectivity index (χ3v) is 6.47. The van der Waals surface area contributed by atoms with Crippen LogP contribution >= 0.6 is 11.6 Å². The predicted molar refractivity (Wildman–Crippen MR) is 99.4 cm³/mol. The Morgan fingerprint density at radius 3 is 2.35 bits per heavy atom. The van der Waals surface area contributed by atoms with Crippen molar-refractivity contribution in [1.29, 1.82) is 0 Å². The highest BCUT2D eigenvalue weighted by Crippen LogP contribution is 2.63. The van der Waals surface area contributed by atoms with E-state index < -0.39 is 11.9 Å². The van der Waals surface area contributed by atoms with Gasteiger partial charge in [-0.25, -0.2) is 9.59 Å². The summed E-state index contributed by atoms with van der Waals surface area (Å²) in [4.78, 5) is 21.7. The van der Waals surface area contributed by atoms with Gasteiger partial charge in [-0.2, -0.15) is 0 Å². The summed E-state index contributed by atoms with van der Waals surface area (Å²) < 4.78 is 0.